The Balaban J connectivity index is 4.42. The van der Waals surface area contributed by atoms with Gasteiger partial charge in [-0.1, -0.05) is 272 Å². The van der Waals surface area contributed by atoms with E-state index >= 15 is 0 Å². The van der Waals surface area contributed by atoms with Crippen LogP contribution >= 0.6 is 15.6 Å². The molecule has 5 unspecified atom stereocenters. The lowest BCUT2D eigenvalue weighted by Crippen LogP contribution is -2.30. The fourth-order valence-electron chi connectivity index (χ4n) is 10.0. The molecule has 95 heavy (non-hydrogen) atoms. The third kappa shape index (κ3) is 71.6. The summed E-state index contributed by atoms with van der Waals surface area (Å²) in [6, 6.07) is 0. The summed E-state index contributed by atoms with van der Waals surface area (Å²) in [5, 5.41) is 20.6. The molecule has 550 valence electrons. The SMILES string of the molecule is CC/C=C\C/C=C\C/C=C\C/C=C\C/C=C\C/C=C\CCCCCCCCCCCCCCC(=O)OCC(O)COP(=O)(O)OCC(O)COP(=O)(O)OCC(COC(=O)CCCCCCC/C=C\CCCCCCCC)OC(=O)CCCCCCC/C=C\CCCCCC. The Morgan fingerprint density at radius 3 is 0.905 bits per heavy atom. The molecule has 0 saturated carbocycles. The molecule has 0 aromatic carbocycles. The van der Waals surface area contributed by atoms with Gasteiger partial charge in [-0.25, -0.2) is 9.13 Å². The Morgan fingerprint density at radius 1 is 0.305 bits per heavy atom. The Morgan fingerprint density at radius 2 is 0.558 bits per heavy atom. The van der Waals surface area contributed by atoms with E-state index in [2.05, 4.69) is 118 Å². The lowest BCUT2D eigenvalue weighted by molar-refractivity contribution is -0.161. The fourth-order valence-corrected chi connectivity index (χ4v) is 11.6. The molecule has 0 aromatic rings. The third-order valence-corrected chi connectivity index (χ3v) is 17.7. The lowest BCUT2D eigenvalue weighted by atomic mass is 10.0. The van der Waals surface area contributed by atoms with Crippen molar-refractivity contribution in [3.63, 3.8) is 0 Å². The molecule has 5 atom stereocenters. The van der Waals surface area contributed by atoms with Crippen LogP contribution in [0.25, 0.3) is 0 Å². The van der Waals surface area contributed by atoms with E-state index < -0.39 is 91.5 Å². The highest BCUT2D eigenvalue weighted by Gasteiger charge is 2.29. The van der Waals surface area contributed by atoms with Crippen LogP contribution in [0.1, 0.15) is 316 Å². The van der Waals surface area contributed by atoms with E-state index in [1.165, 1.54) is 116 Å². The van der Waals surface area contributed by atoms with E-state index in [1.807, 2.05) is 0 Å². The Bertz CT molecular complexity index is 2120. The maximum atomic E-state index is 12.9. The van der Waals surface area contributed by atoms with Crippen molar-refractivity contribution in [2.75, 3.05) is 39.6 Å². The molecule has 0 aliphatic heterocycles. The highest BCUT2D eigenvalue weighted by Crippen LogP contribution is 2.45. The van der Waals surface area contributed by atoms with Gasteiger partial charge in [0, 0.05) is 19.3 Å². The van der Waals surface area contributed by atoms with Crippen molar-refractivity contribution in [2.24, 2.45) is 0 Å². The van der Waals surface area contributed by atoms with Gasteiger partial charge in [0.1, 0.15) is 25.4 Å². The molecule has 0 radical (unpaired) electrons. The average Bonchev–Trinajstić information content (AvgIpc) is 1.75. The van der Waals surface area contributed by atoms with Crippen LogP contribution in [-0.2, 0) is 55.8 Å². The first-order chi connectivity index (χ1) is 46.2. The maximum absolute atomic E-state index is 12.9. The molecule has 0 rings (SSSR count). The molecule has 0 bridgehead atoms. The second kappa shape index (κ2) is 70.3. The largest absolute Gasteiger partial charge is 0.472 e. The normalized spacial score (nSPS) is 14.6. The zero-order chi connectivity index (χ0) is 69.5. The molecule has 0 amide bonds. The number of phosphoric acid groups is 2. The Hall–Kier alpha value is -3.53. The van der Waals surface area contributed by atoms with Crippen molar-refractivity contribution in [3.8, 4) is 0 Å². The molecule has 0 heterocycles. The van der Waals surface area contributed by atoms with Gasteiger partial charge in [0.15, 0.2) is 6.10 Å². The summed E-state index contributed by atoms with van der Waals surface area (Å²) < 4.78 is 60.9. The monoisotopic (exact) mass is 1380 g/mol. The van der Waals surface area contributed by atoms with Gasteiger partial charge in [-0.3, -0.25) is 32.5 Å². The minimum Gasteiger partial charge on any atom is -0.463 e. The van der Waals surface area contributed by atoms with Gasteiger partial charge in [-0.05, 0) is 122 Å². The number of rotatable bonds is 71. The smallest absolute Gasteiger partial charge is 0.463 e. The number of esters is 3. The van der Waals surface area contributed by atoms with Crippen molar-refractivity contribution >= 4 is 33.6 Å². The third-order valence-electron chi connectivity index (χ3n) is 15.8. The predicted molar refractivity (Wildman–Crippen MR) is 390 cm³/mol. The van der Waals surface area contributed by atoms with Crippen LogP contribution in [0.4, 0.5) is 0 Å². The predicted octanol–water partition coefficient (Wildman–Crippen LogP) is 21.4. The number of hydrogen-bond donors (Lipinski definition) is 4. The van der Waals surface area contributed by atoms with E-state index in [0.717, 1.165) is 141 Å². The topological polar surface area (TPSA) is 231 Å². The number of allylic oxidation sites excluding steroid dienone is 16. The second-order valence-electron chi connectivity index (χ2n) is 25.1. The Kier molecular flexibility index (Phi) is 67.7. The van der Waals surface area contributed by atoms with E-state index in [-0.39, 0.29) is 19.3 Å². The van der Waals surface area contributed by atoms with Crippen LogP contribution in [0.2, 0.25) is 0 Å². The highest BCUT2D eigenvalue weighted by atomic mass is 31.2. The van der Waals surface area contributed by atoms with Gasteiger partial charge in [-0.15, -0.1) is 0 Å². The van der Waals surface area contributed by atoms with Gasteiger partial charge in [0.2, 0.25) is 0 Å². The first-order valence-corrected chi connectivity index (χ1v) is 40.5. The van der Waals surface area contributed by atoms with Crippen LogP contribution in [-0.4, -0.2) is 95.9 Å². The number of phosphoric ester groups is 2. The minimum atomic E-state index is -4.92. The van der Waals surface area contributed by atoms with E-state index in [9.17, 15) is 43.5 Å². The van der Waals surface area contributed by atoms with E-state index in [1.54, 1.807) is 0 Å². The number of carbonyl (C=O) groups excluding carboxylic acids is 3. The highest BCUT2D eigenvalue weighted by molar-refractivity contribution is 7.47. The summed E-state index contributed by atoms with van der Waals surface area (Å²) in [5.74, 6) is -1.59. The first kappa shape index (κ1) is 91.5. The molecule has 0 aliphatic rings. The fraction of sp³-hybridized carbons (Fsp3) is 0.753. The quantitative estimate of drug-likeness (QED) is 0.0146. The van der Waals surface area contributed by atoms with Crippen LogP contribution in [0.5, 0.6) is 0 Å². The van der Waals surface area contributed by atoms with Crippen LogP contribution in [0.3, 0.4) is 0 Å². The molecular weight excluding hydrogens is 1240 g/mol. The average molecular weight is 1380 g/mol. The summed E-state index contributed by atoms with van der Waals surface area (Å²) in [6.45, 7) is 2.54. The van der Waals surface area contributed by atoms with Crippen molar-refractivity contribution in [1.29, 1.82) is 0 Å². The molecule has 0 fully saturated rings. The minimum absolute atomic E-state index is 0.0948. The van der Waals surface area contributed by atoms with Crippen LogP contribution < -0.4 is 0 Å². The summed E-state index contributed by atoms with van der Waals surface area (Å²) in [5.41, 5.74) is 0. The van der Waals surface area contributed by atoms with Crippen molar-refractivity contribution in [3.05, 3.63) is 97.2 Å². The standard InChI is InChI=1S/C77H136O16P2/c1-4-7-10-13-16-19-22-25-27-28-29-30-31-32-33-34-35-36-37-38-39-40-41-42-44-47-48-51-54-57-60-63-75(80)87-66-72(78)67-89-94(83,84)90-68-73(79)69-91-95(85,86)92-71-74(93-77(82)65-62-59-56-53-50-45-24-21-18-15-12-9-6-3)70-88-76(81)64-61-58-55-52-49-46-43-26-23-20-17-14-11-8-5-2/h7,10,16,19,21,24-27,29-30,32-33,35-36,43,72-74,78-79H,4-6,8-9,11-15,17-18,20,22-23,28,31,34,37-42,44-71H2,1-3H3,(H,83,84)(H,85,86)/b10-7-,19-16-,24-21-,27-25-,30-29-,33-32-,36-35-,43-26-. The number of carbonyl (C=O) groups is 3. The van der Waals surface area contributed by atoms with E-state index in [4.69, 9.17) is 32.3 Å². The summed E-state index contributed by atoms with van der Waals surface area (Å²) in [6.07, 6.45) is 79.0. The van der Waals surface area contributed by atoms with Gasteiger partial charge < -0.3 is 34.2 Å². The van der Waals surface area contributed by atoms with Crippen molar-refractivity contribution < 1.29 is 75.8 Å². The molecule has 16 nitrogen and oxygen atoms in total. The van der Waals surface area contributed by atoms with Crippen LogP contribution in [0, 0.1) is 0 Å². The maximum Gasteiger partial charge on any atom is 0.472 e. The molecular formula is C77H136O16P2. The van der Waals surface area contributed by atoms with Crippen molar-refractivity contribution in [1.82, 2.24) is 0 Å². The molecule has 0 aromatic heterocycles. The van der Waals surface area contributed by atoms with Gasteiger partial charge in [0.25, 0.3) is 0 Å². The summed E-state index contributed by atoms with van der Waals surface area (Å²) in [7, 11) is -9.78. The molecule has 0 saturated heterocycles. The molecule has 4 N–H and O–H groups in total. The van der Waals surface area contributed by atoms with Gasteiger partial charge in [0.05, 0.1) is 26.4 Å². The summed E-state index contributed by atoms with van der Waals surface area (Å²) in [4.78, 5) is 58.4. The van der Waals surface area contributed by atoms with Gasteiger partial charge >= 0.3 is 33.6 Å². The second-order valence-corrected chi connectivity index (χ2v) is 28.0. The molecule has 0 aliphatic carbocycles. The lowest BCUT2D eigenvalue weighted by Gasteiger charge is -2.21. The first-order valence-electron chi connectivity index (χ1n) is 37.5. The molecule has 18 heteroatoms. The Labute approximate surface area is 578 Å². The number of aliphatic hydroxyl groups excluding tert-OH is 2. The number of unbranched alkanes of at least 4 members (excludes halogenated alkanes) is 32. The zero-order valence-electron chi connectivity index (χ0n) is 59.8. The number of ether oxygens (including phenoxy) is 3. The van der Waals surface area contributed by atoms with Crippen LogP contribution in [0.15, 0.2) is 97.2 Å². The van der Waals surface area contributed by atoms with Gasteiger partial charge in [-0.2, -0.15) is 0 Å². The summed E-state index contributed by atoms with van der Waals surface area (Å²) >= 11 is 0. The zero-order valence-corrected chi connectivity index (χ0v) is 61.6. The number of hydrogen-bond acceptors (Lipinski definition) is 14. The van der Waals surface area contributed by atoms with E-state index in [0.29, 0.717) is 19.3 Å². The van der Waals surface area contributed by atoms with Crippen molar-refractivity contribution in [2.45, 2.75) is 334 Å². The molecule has 0 spiro atoms. The number of aliphatic hydroxyl groups is 2.